The highest BCUT2D eigenvalue weighted by Crippen LogP contribution is 2.20. The summed E-state index contributed by atoms with van der Waals surface area (Å²) < 4.78 is 18.5. The zero-order valence-corrected chi connectivity index (χ0v) is 17.8. The second-order valence-electron chi connectivity index (χ2n) is 7.09. The fourth-order valence-electron chi connectivity index (χ4n) is 3.43. The number of hydrogen-bond acceptors (Lipinski definition) is 4. The van der Waals surface area contributed by atoms with Crippen LogP contribution in [-0.2, 0) is 6.54 Å². The summed E-state index contributed by atoms with van der Waals surface area (Å²) in [6.45, 7) is 1.44. The third-order valence-corrected chi connectivity index (χ3v) is 5.08. The number of methoxy groups -OCH3 is 2. The van der Waals surface area contributed by atoms with Crippen LogP contribution in [0, 0.1) is 0 Å². The molecule has 0 bridgehead atoms. The summed E-state index contributed by atoms with van der Waals surface area (Å²) in [5, 5.41) is 0. The maximum atomic E-state index is 5.89. The molecular weight excluding hydrogens is 388 g/mol. The molecule has 0 aliphatic carbocycles. The number of benzene rings is 3. The Kier molecular flexibility index (Phi) is 6.53. The van der Waals surface area contributed by atoms with Gasteiger partial charge in [-0.05, 0) is 66.6 Å². The van der Waals surface area contributed by atoms with E-state index in [9.17, 15) is 0 Å². The number of ether oxygens (including phenoxy) is 3. The van der Waals surface area contributed by atoms with Gasteiger partial charge in [0.05, 0.1) is 31.9 Å². The molecule has 0 radical (unpaired) electrons. The molecular formula is C26H26N2O3. The number of fused-ring (bicyclic) bond motifs is 1. The minimum Gasteiger partial charge on any atom is -0.497 e. The Bertz CT molecular complexity index is 1150. The smallest absolute Gasteiger partial charge is 0.133 e. The Labute approximate surface area is 182 Å². The van der Waals surface area contributed by atoms with Gasteiger partial charge in [0.2, 0.25) is 0 Å². The lowest BCUT2D eigenvalue weighted by Crippen LogP contribution is -2.06. The fraction of sp³-hybridized carbons (Fsp3) is 0.192. The molecule has 0 fully saturated rings. The van der Waals surface area contributed by atoms with Gasteiger partial charge >= 0.3 is 0 Å². The second-order valence-corrected chi connectivity index (χ2v) is 7.09. The van der Waals surface area contributed by atoms with Crippen molar-refractivity contribution in [3.05, 3.63) is 84.2 Å². The Hall–Kier alpha value is -3.73. The minimum atomic E-state index is 0.625. The summed E-state index contributed by atoms with van der Waals surface area (Å²) in [7, 11) is 3.33. The van der Waals surface area contributed by atoms with Gasteiger partial charge in [-0.2, -0.15) is 0 Å². The Morgan fingerprint density at radius 1 is 0.774 bits per heavy atom. The molecule has 0 unspecified atom stereocenters. The highest BCUT2D eigenvalue weighted by Gasteiger charge is 2.08. The molecule has 4 rings (SSSR count). The van der Waals surface area contributed by atoms with E-state index in [0.717, 1.165) is 52.6 Å². The minimum absolute atomic E-state index is 0.625. The van der Waals surface area contributed by atoms with Crippen LogP contribution in [0.3, 0.4) is 0 Å². The number of aromatic nitrogens is 2. The van der Waals surface area contributed by atoms with E-state index in [-0.39, 0.29) is 0 Å². The largest absolute Gasteiger partial charge is 0.497 e. The van der Waals surface area contributed by atoms with Crippen molar-refractivity contribution in [2.24, 2.45) is 0 Å². The van der Waals surface area contributed by atoms with Gasteiger partial charge < -0.3 is 18.8 Å². The first-order valence-electron chi connectivity index (χ1n) is 10.3. The third kappa shape index (κ3) is 5.07. The molecule has 0 saturated heterocycles. The van der Waals surface area contributed by atoms with Gasteiger partial charge in [0.25, 0.3) is 0 Å². The van der Waals surface area contributed by atoms with Crippen molar-refractivity contribution < 1.29 is 14.2 Å². The lowest BCUT2D eigenvalue weighted by Gasteiger charge is -2.09. The lowest BCUT2D eigenvalue weighted by molar-refractivity contribution is 0.301. The van der Waals surface area contributed by atoms with E-state index in [1.54, 1.807) is 14.2 Å². The maximum Gasteiger partial charge on any atom is 0.133 e. The molecule has 5 heteroatoms. The summed E-state index contributed by atoms with van der Waals surface area (Å²) in [6, 6.07) is 23.9. The molecule has 1 heterocycles. The van der Waals surface area contributed by atoms with Gasteiger partial charge in [-0.25, -0.2) is 4.98 Å². The van der Waals surface area contributed by atoms with Crippen molar-refractivity contribution >= 4 is 23.2 Å². The number of hydrogen-bond donors (Lipinski definition) is 0. The topological polar surface area (TPSA) is 45.5 Å². The molecule has 3 aromatic carbocycles. The molecule has 0 aliphatic rings. The predicted octanol–water partition coefficient (Wildman–Crippen LogP) is 5.69. The number of aryl methyl sites for hydroxylation is 1. The molecule has 0 saturated carbocycles. The van der Waals surface area contributed by atoms with E-state index in [2.05, 4.69) is 22.8 Å². The van der Waals surface area contributed by atoms with E-state index >= 15 is 0 Å². The quantitative estimate of drug-likeness (QED) is 0.330. The molecule has 1 aromatic heterocycles. The average Bonchev–Trinajstić information content (AvgIpc) is 3.18. The molecule has 0 aliphatic heterocycles. The molecule has 0 atom stereocenters. The van der Waals surface area contributed by atoms with Gasteiger partial charge in [-0.15, -0.1) is 0 Å². The van der Waals surface area contributed by atoms with Crippen molar-refractivity contribution in [2.75, 3.05) is 20.8 Å². The van der Waals surface area contributed by atoms with Crippen molar-refractivity contribution in [1.82, 2.24) is 9.55 Å². The number of para-hydroxylation sites is 2. The van der Waals surface area contributed by atoms with Crippen molar-refractivity contribution in [2.45, 2.75) is 13.0 Å². The van der Waals surface area contributed by atoms with Crippen LogP contribution in [0.25, 0.3) is 23.2 Å². The molecule has 31 heavy (non-hydrogen) atoms. The first-order valence-corrected chi connectivity index (χ1v) is 10.3. The molecule has 0 spiro atoms. The van der Waals surface area contributed by atoms with E-state index in [0.29, 0.717) is 6.61 Å². The Morgan fingerprint density at radius 3 is 2.13 bits per heavy atom. The van der Waals surface area contributed by atoms with Crippen LogP contribution >= 0.6 is 0 Å². The number of rotatable bonds is 9. The van der Waals surface area contributed by atoms with Crippen LogP contribution in [0.1, 0.15) is 17.8 Å². The summed E-state index contributed by atoms with van der Waals surface area (Å²) in [6.07, 6.45) is 5.01. The maximum absolute atomic E-state index is 5.89. The summed E-state index contributed by atoms with van der Waals surface area (Å²) in [5.41, 5.74) is 3.22. The summed E-state index contributed by atoms with van der Waals surface area (Å²) in [4.78, 5) is 4.81. The van der Waals surface area contributed by atoms with Gasteiger partial charge in [0, 0.05) is 6.54 Å². The molecule has 0 N–H and O–H groups in total. The number of imidazole rings is 1. The highest BCUT2D eigenvalue weighted by atomic mass is 16.5. The Morgan fingerprint density at radius 2 is 1.42 bits per heavy atom. The average molecular weight is 415 g/mol. The van der Waals surface area contributed by atoms with Crippen LogP contribution in [0.15, 0.2) is 72.8 Å². The SMILES string of the molecule is COc1ccc(/C=C/c2nc3ccccc3n2CCCOc2ccc(OC)cc2)cc1. The first-order chi connectivity index (χ1) is 15.3. The summed E-state index contributed by atoms with van der Waals surface area (Å²) >= 11 is 0. The zero-order valence-electron chi connectivity index (χ0n) is 17.8. The first kappa shape index (κ1) is 20.5. The van der Waals surface area contributed by atoms with Gasteiger partial charge in [0.15, 0.2) is 0 Å². The molecule has 5 nitrogen and oxygen atoms in total. The fourth-order valence-corrected chi connectivity index (χ4v) is 3.43. The normalized spacial score (nSPS) is 11.2. The van der Waals surface area contributed by atoms with Crippen LogP contribution in [0.2, 0.25) is 0 Å². The van der Waals surface area contributed by atoms with Crippen LogP contribution in [0.4, 0.5) is 0 Å². The van der Waals surface area contributed by atoms with Crippen molar-refractivity contribution in [3.63, 3.8) is 0 Å². The van der Waals surface area contributed by atoms with Gasteiger partial charge in [-0.3, -0.25) is 0 Å². The zero-order chi connectivity index (χ0) is 21.5. The third-order valence-electron chi connectivity index (χ3n) is 5.08. The highest BCUT2D eigenvalue weighted by molar-refractivity contribution is 5.79. The van der Waals surface area contributed by atoms with E-state index in [4.69, 9.17) is 19.2 Å². The van der Waals surface area contributed by atoms with Crippen LogP contribution in [0.5, 0.6) is 17.2 Å². The number of nitrogens with zero attached hydrogens (tertiary/aromatic N) is 2. The van der Waals surface area contributed by atoms with Gasteiger partial charge in [0.1, 0.15) is 23.1 Å². The van der Waals surface area contributed by atoms with Crippen molar-refractivity contribution in [1.29, 1.82) is 0 Å². The van der Waals surface area contributed by atoms with E-state index in [1.165, 1.54) is 0 Å². The summed E-state index contributed by atoms with van der Waals surface area (Å²) in [5.74, 6) is 3.45. The van der Waals surface area contributed by atoms with Crippen molar-refractivity contribution in [3.8, 4) is 17.2 Å². The molecule has 158 valence electrons. The standard InChI is InChI=1S/C26H26N2O3/c1-29-21-11-8-20(9-12-21)10-17-26-27-24-6-3-4-7-25(24)28(26)18-5-19-31-23-15-13-22(30-2)14-16-23/h3-4,6-17H,5,18-19H2,1-2H3/b17-10+. The molecule has 0 amide bonds. The Balaban J connectivity index is 1.46. The van der Waals surface area contributed by atoms with Gasteiger partial charge in [-0.1, -0.05) is 30.3 Å². The van der Waals surface area contributed by atoms with E-state index < -0.39 is 0 Å². The second kappa shape index (κ2) is 9.85. The lowest BCUT2D eigenvalue weighted by atomic mass is 10.2. The molecule has 4 aromatic rings. The predicted molar refractivity (Wildman–Crippen MR) is 125 cm³/mol. The van der Waals surface area contributed by atoms with Crippen LogP contribution in [-0.4, -0.2) is 30.4 Å². The van der Waals surface area contributed by atoms with E-state index in [1.807, 2.05) is 66.7 Å². The van der Waals surface area contributed by atoms with Crippen LogP contribution < -0.4 is 14.2 Å². The monoisotopic (exact) mass is 414 g/mol.